The topological polar surface area (TPSA) is 61.0 Å². The highest BCUT2D eigenvalue weighted by Gasteiger charge is 2.33. The van der Waals surface area contributed by atoms with Crippen LogP contribution in [0.1, 0.15) is 40.0 Å². The number of anilines is 1. The second-order valence-electron chi connectivity index (χ2n) is 5.87. The average Bonchev–Trinajstić information content (AvgIpc) is 2.35. The Morgan fingerprint density at radius 2 is 2.11 bits per heavy atom. The molecule has 1 saturated carbocycles. The molecule has 2 N–H and O–H groups in total. The predicted octanol–water partition coefficient (Wildman–Crippen LogP) is 3.55. The quantitative estimate of drug-likeness (QED) is 0.862. The molecule has 1 aromatic heterocycles. The van der Waals surface area contributed by atoms with E-state index in [1.54, 1.807) is 0 Å². The second kappa shape index (κ2) is 5.95. The Balaban J connectivity index is 2.16. The molecule has 0 bridgehead atoms. The van der Waals surface area contributed by atoms with Crippen molar-refractivity contribution in [2.45, 2.75) is 46.1 Å². The van der Waals surface area contributed by atoms with Crippen molar-refractivity contribution >= 4 is 17.3 Å². The molecule has 1 aliphatic rings. The first-order chi connectivity index (χ1) is 8.99. The molecule has 106 valence electrons. The number of nitrogens with two attached hydrogens (primary N) is 1. The van der Waals surface area contributed by atoms with E-state index in [0.717, 1.165) is 6.42 Å². The number of hydrogen-bond acceptors (Lipinski definition) is 4. The van der Waals surface area contributed by atoms with E-state index in [0.29, 0.717) is 29.3 Å². The van der Waals surface area contributed by atoms with Crippen LogP contribution in [-0.2, 0) is 0 Å². The number of rotatable bonds is 3. The average molecular weight is 284 g/mol. The summed E-state index contributed by atoms with van der Waals surface area (Å²) in [5, 5.41) is 0.259. The summed E-state index contributed by atoms with van der Waals surface area (Å²) in [7, 11) is 0. The maximum atomic E-state index is 6.05. The standard InChI is InChI=1S/C14H22ClN3O/c1-8(2)10-5-4-9(3)6-11(10)19-14-12(16)13(15)17-7-18-14/h7-11H,4-6,16H2,1-3H3. The molecule has 19 heavy (non-hydrogen) atoms. The maximum absolute atomic E-state index is 6.05. The smallest absolute Gasteiger partial charge is 0.242 e. The third-order valence-electron chi connectivity index (χ3n) is 4.02. The van der Waals surface area contributed by atoms with Crippen LogP contribution in [0.25, 0.3) is 0 Å². The second-order valence-corrected chi connectivity index (χ2v) is 6.22. The molecule has 0 radical (unpaired) electrons. The monoisotopic (exact) mass is 283 g/mol. The van der Waals surface area contributed by atoms with Gasteiger partial charge in [0.2, 0.25) is 5.88 Å². The summed E-state index contributed by atoms with van der Waals surface area (Å²) in [6, 6.07) is 0. The third kappa shape index (κ3) is 3.30. The van der Waals surface area contributed by atoms with Crippen molar-refractivity contribution in [2.75, 3.05) is 5.73 Å². The van der Waals surface area contributed by atoms with Crippen molar-refractivity contribution in [1.82, 2.24) is 9.97 Å². The van der Waals surface area contributed by atoms with Crippen LogP contribution in [0.4, 0.5) is 5.69 Å². The van der Waals surface area contributed by atoms with Crippen LogP contribution in [-0.4, -0.2) is 16.1 Å². The molecule has 0 spiro atoms. The number of halogens is 1. The van der Waals surface area contributed by atoms with Crippen LogP contribution in [0.15, 0.2) is 6.33 Å². The minimum atomic E-state index is 0.164. The van der Waals surface area contributed by atoms with Gasteiger partial charge in [-0.2, -0.15) is 4.98 Å². The minimum Gasteiger partial charge on any atom is -0.472 e. The zero-order valence-corrected chi connectivity index (χ0v) is 12.5. The van der Waals surface area contributed by atoms with Gasteiger partial charge in [0.15, 0.2) is 5.15 Å². The number of nitrogens with zero attached hydrogens (tertiary/aromatic N) is 2. The number of ether oxygens (including phenoxy) is 1. The lowest BCUT2D eigenvalue weighted by molar-refractivity contribution is 0.0431. The zero-order chi connectivity index (χ0) is 14.0. The van der Waals surface area contributed by atoms with Crippen molar-refractivity contribution in [3.05, 3.63) is 11.5 Å². The molecule has 0 aromatic carbocycles. The lowest BCUT2D eigenvalue weighted by Crippen LogP contribution is -2.36. The fourth-order valence-electron chi connectivity index (χ4n) is 2.85. The first-order valence-electron chi connectivity index (χ1n) is 6.91. The lowest BCUT2D eigenvalue weighted by Gasteiger charge is -2.37. The number of nitrogen functional groups attached to an aromatic ring is 1. The van der Waals surface area contributed by atoms with Crippen LogP contribution < -0.4 is 10.5 Å². The van der Waals surface area contributed by atoms with Crippen molar-refractivity contribution in [1.29, 1.82) is 0 Å². The minimum absolute atomic E-state index is 0.164. The van der Waals surface area contributed by atoms with Crippen LogP contribution in [0.2, 0.25) is 5.15 Å². The molecule has 1 aromatic rings. The van der Waals surface area contributed by atoms with Crippen LogP contribution in [0.3, 0.4) is 0 Å². The SMILES string of the molecule is CC1CCC(C(C)C)C(Oc2ncnc(Cl)c2N)C1. The maximum Gasteiger partial charge on any atom is 0.242 e. The summed E-state index contributed by atoms with van der Waals surface area (Å²) in [4.78, 5) is 7.96. The normalized spacial score (nSPS) is 27.5. The molecule has 1 heterocycles. The highest BCUT2D eigenvalue weighted by atomic mass is 35.5. The van der Waals surface area contributed by atoms with E-state index in [-0.39, 0.29) is 11.3 Å². The summed E-state index contributed by atoms with van der Waals surface area (Å²) >= 11 is 5.90. The van der Waals surface area contributed by atoms with Gasteiger partial charge in [0.05, 0.1) is 0 Å². The van der Waals surface area contributed by atoms with Crippen molar-refractivity contribution < 1.29 is 4.74 Å². The molecule has 1 aliphatic carbocycles. The summed E-state index contributed by atoms with van der Waals surface area (Å²) < 4.78 is 6.05. The Kier molecular flexibility index (Phi) is 4.50. The van der Waals surface area contributed by atoms with Crippen molar-refractivity contribution in [3.8, 4) is 5.88 Å². The largest absolute Gasteiger partial charge is 0.472 e. The zero-order valence-electron chi connectivity index (χ0n) is 11.8. The van der Waals surface area contributed by atoms with Gasteiger partial charge >= 0.3 is 0 Å². The number of hydrogen-bond donors (Lipinski definition) is 1. The molecule has 0 aliphatic heterocycles. The van der Waals surface area contributed by atoms with Gasteiger partial charge in [0.25, 0.3) is 0 Å². The Morgan fingerprint density at radius 3 is 2.79 bits per heavy atom. The van der Waals surface area contributed by atoms with E-state index in [4.69, 9.17) is 22.1 Å². The van der Waals surface area contributed by atoms with Crippen LogP contribution in [0.5, 0.6) is 5.88 Å². The predicted molar refractivity (Wildman–Crippen MR) is 77.2 cm³/mol. The van der Waals surface area contributed by atoms with Gasteiger partial charge in [-0.3, -0.25) is 0 Å². The van der Waals surface area contributed by atoms with E-state index in [1.165, 1.54) is 19.2 Å². The molecular weight excluding hydrogens is 262 g/mol. The molecule has 3 unspecified atom stereocenters. The first-order valence-corrected chi connectivity index (χ1v) is 7.29. The molecule has 0 saturated heterocycles. The Hall–Kier alpha value is -1.03. The van der Waals surface area contributed by atoms with Gasteiger partial charge in [0, 0.05) is 0 Å². The highest BCUT2D eigenvalue weighted by molar-refractivity contribution is 6.32. The summed E-state index contributed by atoms with van der Waals surface area (Å²) in [5.41, 5.74) is 6.21. The Labute approximate surface area is 119 Å². The fraction of sp³-hybridized carbons (Fsp3) is 0.714. The molecule has 0 amide bonds. The molecule has 5 heteroatoms. The van der Waals surface area contributed by atoms with E-state index in [9.17, 15) is 0 Å². The lowest BCUT2D eigenvalue weighted by atomic mass is 9.75. The molecule has 4 nitrogen and oxygen atoms in total. The number of aromatic nitrogens is 2. The van der Waals surface area contributed by atoms with Gasteiger partial charge in [-0.25, -0.2) is 4.98 Å². The fourth-order valence-corrected chi connectivity index (χ4v) is 2.97. The highest BCUT2D eigenvalue weighted by Crippen LogP contribution is 2.37. The summed E-state index contributed by atoms with van der Waals surface area (Å²) in [5.74, 6) is 2.24. The van der Waals surface area contributed by atoms with E-state index >= 15 is 0 Å². The summed E-state index contributed by atoms with van der Waals surface area (Å²) in [6.07, 6.45) is 5.07. The third-order valence-corrected chi connectivity index (χ3v) is 4.32. The van der Waals surface area contributed by atoms with E-state index in [2.05, 4.69) is 30.7 Å². The summed E-state index contributed by atoms with van der Waals surface area (Å²) in [6.45, 7) is 6.75. The van der Waals surface area contributed by atoms with Gasteiger partial charge < -0.3 is 10.5 Å². The van der Waals surface area contributed by atoms with Gasteiger partial charge in [-0.05, 0) is 30.6 Å². The van der Waals surface area contributed by atoms with Gasteiger partial charge in [-0.15, -0.1) is 0 Å². The Bertz CT molecular complexity index is 439. The molecular formula is C14H22ClN3O. The van der Waals surface area contributed by atoms with Gasteiger partial charge in [0.1, 0.15) is 18.1 Å². The molecule has 2 rings (SSSR count). The van der Waals surface area contributed by atoms with Crippen LogP contribution >= 0.6 is 11.6 Å². The van der Waals surface area contributed by atoms with E-state index in [1.807, 2.05) is 0 Å². The molecule has 3 atom stereocenters. The van der Waals surface area contributed by atoms with Crippen molar-refractivity contribution in [3.63, 3.8) is 0 Å². The van der Waals surface area contributed by atoms with Crippen LogP contribution in [0, 0.1) is 17.8 Å². The first kappa shape index (κ1) is 14.4. The van der Waals surface area contributed by atoms with Gasteiger partial charge in [-0.1, -0.05) is 38.8 Å². The Morgan fingerprint density at radius 1 is 1.37 bits per heavy atom. The van der Waals surface area contributed by atoms with E-state index < -0.39 is 0 Å². The van der Waals surface area contributed by atoms with Crippen molar-refractivity contribution in [2.24, 2.45) is 17.8 Å². The molecule has 1 fully saturated rings.